The van der Waals surface area contributed by atoms with Crippen molar-refractivity contribution in [3.63, 3.8) is 0 Å². The van der Waals surface area contributed by atoms with Crippen LogP contribution in [0.5, 0.6) is 0 Å². The topological polar surface area (TPSA) is 115 Å². The second-order valence-electron chi connectivity index (χ2n) is 3.83. The fourth-order valence-corrected chi connectivity index (χ4v) is 1.24. The molecule has 0 aromatic heterocycles. The summed E-state index contributed by atoms with van der Waals surface area (Å²) in [5.74, 6) is -2.79. The van der Waals surface area contributed by atoms with Crippen LogP contribution in [0.3, 0.4) is 0 Å². The minimum Gasteiger partial charge on any atom is -0.743 e. The average molecular weight is 301 g/mol. The van der Waals surface area contributed by atoms with Crippen LogP contribution in [-0.4, -0.2) is 43.1 Å². The third kappa shape index (κ3) is 5.07. The summed E-state index contributed by atoms with van der Waals surface area (Å²) in [5.41, 5.74) is 0. The van der Waals surface area contributed by atoms with Gasteiger partial charge >= 0.3 is 11.2 Å². The van der Waals surface area contributed by atoms with Crippen LogP contribution in [0.15, 0.2) is 0 Å². The molecule has 0 bridgehead atoms. The van der Waals surface area contributed by atoms with Gasteiger partial charge in [0.1, 0.15) is 0 Å². The van der Waals surface area contributed by atoms with Gasteiger partial charge in [0, 0.05) is 19.0 Å². The second kappa shape index (κ2) is 6.75. The monoisotopic (exact) mass is 301 g/mol. The summed E-state index contributed by atoms with van der Waals surface area (Å²) in [6.45, 7) is 2.88. The van der Waals surface area contributed by atoms with Crippen LogP contribution < -0.4 is 10.6 Å². The van der Waals surface area contributed by atoms with Gasteiger partial charge in [0.25, 0.3) is 0 Å². The van der Waals surface area contributed by atoms with Crippen LogP contribution in [-0.2, 0) is 19.7 Å². The Kier molecular flexibility index (Phi) is 6.30. The van der Waals surface area contributed by atoms with E-state index in [1.54, 1.807) is 19.2 Å². The first kappa shape index (κ1) is 17.7. The predicted octanol–water partition coefficient (Wildman–Crippen LogP) is -0.597. The van der Waals surface area contributed by atoms with E-state index in [1.807, 2.05) is 0 Å². The van der Waals surface area contributed by atoms with Gasteiger partial charge in [-0.2, -0.15) is 8.78 Å². The van der Waals surface area contributed by atoms with Crippen LogP contribution in [0.4, 0.5) is 8.78 Å². The molecule has 0 aromatic carbocycles. The quantitative estimate of drug-likeness (QED) is 0.481. The highest BCUT2D eigenvalue weighted by atomic mass is 32.2. The van der Waals surface area contributed by atoms with Crippen molar-refractivity contribution in [3.05, 3.63) is 0 Å². The molecule has 0 aliphatic rings. The van der Waals surface area contributed by atoms with Crippen molar-refractivity contribution in [3.8, 4) is 0 Å². The minimum absolute atomic E-state index is 0.149. The van der Waals surface area contributed by atoms with Gasteiger partial charge in [-0.3, -0.25) is 9.59 Å². The van der Waals surface area contributed by atoms with E-state index in [4.69, 9.17) is 0 Å². The van der Waals surface area contributed by atoms with Gasteiger partial charge in [-0.05, 0) is 6.42 Å². The molecule has 0 aliphatic heterocycles. The largest absolute Gasteiger partial charge is 0.743 e. The van der Waals surface area contributed by atoms with Crippen molar-refractivity contribution >= 4 is 21.9 Å². The molecule has 0 saturated carbocycles. The number of halogens is 2. The van der Waals surface area contributed by atoms with Gasteiger partial charge in [0.05, 0.1) is 0 Å². The molecule has 7 nitrogen and oxygen atoms in total. The van der Waals surface area contributed by atoms with Crippen LogP contribution in [0.25, 0.3) is 0 Å². The lowest BCUT2D eigenvalue weighted by Crippen LogP contribution is -2.47. The molecule has 0 aliphatic carbocycles. The Morgan fingerprint density at radius 3 is 2.16 bits per heavy atom. The minimum atomic E-state index is -6.06. The van der Waals surface area contributed by atoms with Gasteiger partial charge < -0.3 is 15.2 Å². The van der Waals surface area contributed by atoms with Gasteiger partial charge in [-0.15, -0.1) is 0 Å². The summed E-state index contributed by atoms with van der Waals surface area (Å²) in [5, 5.41) is -1.11. The van der Waals surface area contributed by atoms with Crippen molar-refractivity contribution in [1.29, 1.82) is 0 Å². The lowest BCUT2D eigenvalue weighted by atomic mass is 10.1. The fourth-order valence-electron chi connectivity index (χ4n) is 0.938. The number of amides is 2. The molecule has 1 atom stereocenters. The molecular formula is C9H15F2N2O5S-. The lowest BCUT2D eigenvalue weighted by molar-refractivity contribution is -0.136. The first-order valence-corrected chi connectivity index (χ1v) is 6.84. The SMILES string of the molecule is CCC(C)C(=O)NCCNC(=O)C(F)(F)S(=O)(=O)[O-]. The van der Waals surface area contributed by atoms with Crippen molar-refractivity contribution in [2.75, 3.05) is 13.1 Å². The summed E-state index contributed by atoms with van der Waals surface area (Å²) < 4.78 is 55.8. The normalized spacial score (nSPS) is 13.7. The maximum Gasteiger partial charge on any atom is 0.410 e. The van der Waals surface area contributed by atoms with Crippen LogP contribution in [0.1, 0.15) is 20.3 Å². The number of rotatable bonds is 7. The molecular weight excluding hydrogens is 286 g/mol. The van der Waals surface area contributed by atoms with E-state index in [0.29, 0.717) is 6.42 Å². The second-order valence-corrected chi connectivity index (χ2v) is 5.25. The van der Waals surface area contributed by atoms with Gasteiger partial charge in [0.2, 0.25) is 5.91 Å². The van der Waals surface area contributed by atoms with Crippen LogP contribution >= 0.6 is 0 Å². The molecule has 0 fully saturated rings. The van der Waals surface area contributed by atoms with Gasteiger partial charge in [0.15, 0.2) is 10.1 Å². The van der Waals surface area contributed by atoms with Crippen molar-refractivity contribution in [2.24, 2.45) is 5.92 Å². The van der Waals surface area contributed by atoms with E-state index in [0.717, 1.165) is 0 Å². The molecule has 10 heteroatoms. The Balaban J connectivity index is 4.17. The van der Waals surface area contributed by atoms with E-state index < -0.39 is 27.8 Å². The summed E-state index contributed by atoms with van der Waals surface area (Å²) in [7, 11) is -6.06. The molecule has 112 valence electrons. The molecule has 0 spiro atoms. The molecule has 0 aromatic rings. The molecule has 0 heterocycles. The first-order chi connectivity index (χ1) is 8.54. The Morgan fingerprint density at radius 2 is 1.74 bits per heavy atom. The van der Waals surface area contributed by atoms with Crippen molar-refractivity contribution < 1.29 is 31.3 Å². The maximum atomic E-state index is 12.7. The van der Waals surface area contributed by atoms with E-state index in [9.17, 15) is 31.3 Å². The highest BCUT2D eigenvalue weighted by Crippen LogP contribution is 2.19. The highest BCUT2D eigenvalue weighted by Gasteiger charge is 2.46. The Labute approximate surface area is 109 Å². The molecule has 0 rings (SSSR count). The number of carbonyl (C=O) groups is 2. The van der Waals surface area contributed by atoms with E-state index in [-0.39, 0.29) is 18.4 Å². The Morgan fingerprint density at radius 1 is 1.26 bits per heavy atom. The zero-order chi connectivity index (χ0) is 15.3. The van der Waals surface area contributed by atoms with Gasteiger partial charge in [-0.25, -0.2) is 8.42 Å². The fraction of sp³-hybridized carbons (Fsp3) is 0.778. The van der Waals surface area contributed by atoms with Crippen LogP contribution in [0.2, 0.25) is 0 Å². The Bertz CT molecular complexity index is 438. The zero-order valence-corrected chi connectivity index (χ0v) is 11.2. The van der Waals surface area contributed by atoms with Crippen LogP contribution in [0, 0.1) is 5.92 Å². The standard InChI is InChI=1S/C9H16F2N2O5S/c1-3-6(2)7(14)12-4-5-13-8(15)9(10,11)19(16,17)18/h6H,3-5H2,1-2H3,(H,12,14)(H,13,15)(H,16,17,18)/p-1. The average Bonchev–Trinajstić information content (AvgIpc) is 2.31. The zero-order valence-electron chi connectivity index (χ0n) is 10.4. The molecule has 2 N–H and O–H groups in total. The third-order valence-corrected chi connectivity index (χ3v) is 3.16. The molecule has 0 saturated heterocycles. The number of hydrogen-bond donors (Lipinski definition) is 2. The summed E-state index contributed by atoms with van der Waals surface area (Å²) >= 11 is 0. The number of alkyl halides is 2. The smallest absolute Gasteiger partial charge is 0.410 e. The third-order valence-electron chi connectivity index (χ3n) is 2.35. The Hall–Kier alpha value is -1.29. The van der Waals surface area contributed by atoms with Gasteiger partial charge in [-0.1, -0.05) is 13.8 Å². The number of carbonyl (C=O) groups excluding carboxylic acids is 2. The van der Waals surface area contributed by atoms with E-state index in [1.165, 1.54) is 0 Å². The van der Waals surface area contributed by atoms with Crippen molar-refractivity contribution in [2.45, 2.75) is 25.5 Å². The summed E-state index contributed by atoms with van der Waals surface area (Å²) in [6, 6.07) is 0. The molecule has 19 heavy (non-hydrogen) atoms. The predicted molar refractivity (Wildman–Crippen MR) is 60.1 cm³/mol. The molecule has 1 unspecified atom stereocenters. The maximum absolute atomic E-state index is 12.7. The van der Waals surface area contributed by atoms with Crippen molar-refractivity contribution in [1.82, 2.24) is 10.6 Å². The first-order valence-electron chi connectivity index (χ1n) is 5.43. The van der Waals surface area contributed by atoms with E-state index in [2.05, 4.69) is 5.32 Å². The van der Waals surface area contributed by atoms with E-state index >= 15 is 0 Å². The summed E-state index contributed by atoms with van der Waals surface area (Å²) in [4.78, 5) is 22.1. The molecule has 2 amide bonds. The molecule has 0 radical (unpaired) electrons. The summed E-state index contributed by atoms with van der Waals surface area (Å²) in [6.07, 6.45) is 0.588. The highest BCUT2D eigenvalue weighted by molar-refractivity contribution is 7.87. The lowest BCUT2D eigenvalue weighted by Gasteiger charge is -2.19. The number of nitrogens with one attached hydrogen (secondary N) is 2. The number of hydrogen-bond acceptors (Lipinski definition) is 5.